The van der Waals surface area contributed by atoms with E-state index < -0.39 is 17.8 Å². The summed E-state index contributed by atoms with van der Waals surface area (Å²) in [6.07, 6.45) is 6.41. The molecule has 1 fully saturated rings. The molecule has 0 aliphatic heterocycles. The number of carboxylic acid groups (broad SMARTS) is 1. The number of carboxylic acids is 1. The maximum atomic E-state index is 11.7. The Hall–Kier alpha value is -2.70. The van der Waals surface area contributed by atoms with Crippen molar-refractivity contribution in [2.45, 2.75) is 38.1 Å². The number of aromatic carboxylic acids is 1. The van der Waals surface area contributed by atoms with Crippen LogP contribution in [-0.4, -0.2) is 30.0 Å². The molecule has 0 radical (unpaired) electrons. The van der Waals surface area contributed by atoms with Gasteiger partial charge in [-0.2, -0.15) is 5.10 Å². The Morgan fingerprint density at radius 1 is 1.04 bits per heavy atom. The standard InChI is InChI=1S/C16H19N3O4/c20-14(18-13-4-2-1-3-5-13)15(21)19-17-10-11-6-8-12(9-7-11)16(22)23/h6-10,13H,1-5H2,(H,18,20)(H,19,21)(H,22,23)/p-1/b17-10-. The third-order valence-electron chi connectivity index (χ3n) is 3.67. The van der Waals surface area contributed by atoms with Crippen LogP contribution in [0.25, 0.3) is 0 Å². The molecule has 0 spiro atoms. The third kappa shape index (κ3) is 5.21. The number of carbonyl (C=O) groups excluding carboxylic acids is 3. The summed E-state index contributed by atoms with van der Waals surface area (Å²) in [4.78, 5) is 33.9. The summed E-state index contributed by atoms with van der Waals surface area (Å²) in [7, 11) is 0. The predicted molar refractivity (Wildman–Crippen MR) is 81.5 cm³/mol. The van der Waals surface area contributed by atoms with Crippen LogP contribution >= 0.6 is 0 Å². The Bertz CT molecular complexity index is 604. The lowest BCUT2D eigenvalue weighted by Gasteiger charge is -2.22. The summed E-state index contributed by atoms with van der Waals surface area (Å²) in [5.74, 6) is -2.78. The van der Waals surface area contributed by atoms with Crippen molar-refractivity contribution in [2.24, 2.45) is 5.10 Å². The molecule has 1 aromatic carbocycles. The van der Waals surface area contributed by atoms with Gasteiger partial charge in [0.2, 0.25) is 0 Å². The maximum Gasteiger partial charge on any atom is 0.329 e. The molecule has 0 atom stereocenters. The van der Waals surface area contributed by atoms with E-state index in [4.69, 9.17) is 0 Å². The normalized spacial score (nSPS) is 15.3. The third-order valence-corrected chi connectivity index (χ3v) is 3.67. The van der Waals surface area contributed by atoms with Crippen molar-refractivity contribution in [2.75, 3.05) is 0 Å². The first-order valence-electron chi connectivity index (χ1n) is 7.51. The Morgan fingerprint density at radius 2 is 1.70 bits per heavy atom. The highest BCUT2D eigenvalue weighted by Crippen LogP contribution is 2.17. The molecular formula is C16H18N3O4-. The van der Waals surface area contributed by atoms with E-state index in [1.54, 1.807) is 0 Å². The molecule has 1 aliphatic rings. The lowest BCUT2D eigenvalue weighted by Crippen LogP contribution is -2.44. The highest BCUT2D eigenvalue weighted by atomic mass is 16.4. The second-order valence-electron chi connectivity index (χ2n) is 5.42. The van der Waals surface area contributed by atoms with Crippen molar-refractivity contribution in [3.05, 3.63) is 35.4 Å². The predicted octanol–water partition coefficient (Wildman–Crippen LogP) is -0.0509. The summed E-state index contributed by atoms with van der Waals surface area (Å²) in [5.41, 5.74) is 2.79. The van der Waals surface area contributed by atoms with Crippen LogP contribution in [-0.2, 0) is 9.59 Å². The van der Waals surface area contributed by atoms with Gasteiger partial charge < -0.3 is 15.2 Å². The lowest BCUT2D eigenvalue weighted by atomic mass is 9.95. The number of rotatable bonds is 4. The molecule has 23 heavy (non-hydrogen) atoms. The molecule has 0 saturated heterocycles. The molecule has 0 unspecified atom stereocenters. The Morgan fingerprint density at radius 3 is 2.30 bits per heavy atom. The first-order chi connectivity index (χ1) is 11.1. The van der Waals surface area contributed by atoms with Crippen LogP contribution in [0.4, 0.5) is 0 Å². The largest absolute Gasteiger partial charge is 0.545 e. The van der Waals surface area contributed by atoms with Crippen LogP contribution in [0.2, 0.25) is 0 Å². The number of nitrogens with one attached hydrogen (secondary N) is 2. The zero-order valence-corrected chi connectivity index (χ0v) is 12.6. The minimum absolute atomic E-state index is 0.0537. The van der Waals surface area contributed by atoms with Crippen molar-refractivity contribution in [1.29, 1.82) is 0 Å². The first kappa shape index (κ1) is 16.7. The molecule has 0 aromatic heterocycles. The summed E-state index contributed by atoms with van der Waals surface area (Å²) >= 11 is 0. The van der Waals surface area contributed by atoms with Gasteiger partial charge in [-0.3, -0.25) is 9.59 Å². The van der Waals surface area contributed by atoms with Gasteiger partial charge in [0.25, 0.3) is 0 Å². The second kappa shape index (κ2) is 8.07. The van der Waals surface area contributed by atoms with Crippen molar-refractivity contribution in [3.63, 3.8) is 0 Å². The number of hydrogen-bond acceptors (Lipinski definition) is 5. The molecule has 0 heterocycles. The minimum atomic E-state index is -1.26. The fraction of sp³-hybridized carbons (Fsp3) is 0.375. The molecule has 2 N–H and O–H groups in total. The van der Waals surface area contributed by atoms with Crippen molar-refractivity contribution in [1.82, 2.24) is 10.7 Å². The average Bonchev–Trinajstić information content (AvgIpc) is 2.56. The maximum absolute atomic E-state index is 11.7. The molecule has 2 amide bonds. The van der Waals surface area contributed by atoms with Gasteiger partial charge in [-0.15, -0.1) is 0 Å². The average molecular weight is 316 g/mol. The highest BCUT2D eigenvalue weighted by Gasteiger charge is 2.19. The molecular weight excluding hydrogens is 298 g/mol. The Labute approximate surface area is 133 Å². The van der Waals surface area contributed by atoms with Crippen molar-refractivity contribution in [3.8, 4) is 0 Å². The van der Waals surface area contributed by atoms with E-state index in [-0.39, 0.29) is 11.6 Å². The molecule has 122 valence electrons. The number of benzene rings is 1. The van der Waals surface area contributed by atoms with Crippen molar-refractivity contribution >= 4 is 24.0 Å². The van der Waals surface area contributed by atoms with Crippen molar-refractivity contribution < 1.29 is 19.5 Å². The van der Waals surface area contributed by atoms with E-state index in [0.717, 1.165) is 25.7 Å². The van der Waals surface area contributed by atoms with Gasteiger partial charge in [-0.05, 0) is 24.0 Å². The molecule has 1 aromatic rings. The van der Waals surface area contributed by atoms with E-state index in [1.165, 1.54) is 36.9 Å². The molecule has 2 rings (SSSR count). The fourth-order valence-corrected chi connectivity index (χ4v) is 2.42. The second-order valence-corrected chi connectivity index (χ2v) is 5.42. The topological polar surface area (TPSA) is 111 Å². The zero-order valence-electron chi connectivity index (χ0n) is 12.6. The molecule has 0 bridgehead atoms. The summed E-state index contributed by atoms with van der Waals surface area (Å²) in [6, 6.07) is 5.83. The van der Waals surface area contributed by atoms with E-state index in [1.807, 2.05) is 0 Å². The van der Waals surface area contributed by atoms with E-state index in [2.05, 4.69) is 15.8 Å². The van der Waals surface area contributed by atoms with Gasteiger partial charge in [-0.1, -0.05) is 43.5 Å². The quantitative estimate of drug-likeness (QED) is 0.461. The minimum Gasteiger partial charge on any atom is -0.545 e. The fourth-order valence-electron chi connectivity index (χ4n) is 2.42. The lowest BCUT2D eigenvalue weighted by molar-refractivity contribution is -0.255. The van der Waals surface area contributed by atoms with E-state index in [0.29, 0.717) is 5.56 Å². The van der Waals surface area contributed by atoms with Crippen LogP contribution < -0.4 is 15.8 Å². The summed E-state index contributed by atoms with van der Waals surface area (Å²) in [5, 5.41) is 17.0. The Kier molecular flexibility index (Phi) is 5.85. The molecule has 1 saturated carbocycles. The van der Waals surface area contributed by atoms with Gasteiger partial charge >= 0.3 is 11.8 Å². The van der Waals surface area contributed by atoms with Gasteiger partial charge in [0.1, 0.15) is 0 Å². The van der Waals surface area contributed by atoms with Gasteiger partial charge in [0.05, 0.1) is 12.2 Å². The monoisotopic (exact) mass is 316 g/mol. The number of carbonyl (C=O) groups is 3. The Balaban J connectivity index is 1.80. The number of hydrazone groups is 1. The zero-order chi connectivity index (χ0) is 16.7. The first-order valence-corrected chi connectivity index (χ1v) is 7.51. The molecule has 7 heteroatoms. The van der Waals surface area contributed by atoms with Gasteiger partial charge in [0, 0.05) is 6.04 Å². The van der Waals surface area contributed by atoms with Crippen LogP contribution in [0.5, 0.6) is 0 Å². The number of hydrogen-bond donors (Lipinski definition) is 2. The van der Waals surface area contributed by atoms with E-state index >= 15 is 0 Å². The van der Waals surface area contributed by atoms with E-state index in [9.17, 15) is 19.5 Å². The highest BCUT2D eigenvalue weighted by molar-refractivity contribution is 6.35. The number of nitrogens with zero attached hydrogens (tertiary/aromatic N) is 1. The SMILES string of the molecule is O=C(N/N=C\c1ccc(C(=O)[O-])cc1)C(=O)NC1CCCCC1. The summed E-state index contributed by atoms with van der Waals surface area (Å²) < 4.78 is 0. The smallest absolute Gasteiger partial charge is 0.329 e. The van der Waals surface area contributed by atoms with Crippen LogP contribution in [0.15, 0.2) is 29.4 Å². The summed E-state index contributed by atoms with van der Waals surface area (Å²) in [6.45, 7) is 0. The number of amides is 2. The van der Waals surface area contributed by atoms with Gasteiger partial charge in [0.15, 0.2) is 0 Å². The van der Waals surface area contributed by atoms with Crippen LogP contribution in [0.3, 0.4) is 0 Å². The molecule has 1 aliphatic carbocycles. The van der Waals surface area contributed by atoms with Crippen LogP contribution in [0, 0.1) is 0 Å². The molecule has 7 nitrogen and oxygen atoms in total. The van der Waals surface area contributed by atoms with Crippen LogP contribution in [0.1, 0.15) is 48.0 Å². The van der Waals surface area contributed by atoms with Gasteiger partial charge in [-0.25, -0.2) is 5.43 Å².